The summed E-state index contributed by atoms with van der Waals surface area (Å²) >= 11 is 0. The van der Waals surface area contributed by atoms with Gasteiger partial charge in [0.1, 0.15) is 12.6 Å². The fraction of sp³-hybridized carbons (Fsp3) is 0.868. The Morgan fingerprint density at radius 3 is 1.59 bits per heavy atom. The molecule has 8 heteroatoms. The Labute approximate surface area is 282 Å². The van der Waals surface area contributed by atoms with E-state index in [1.807, 2.05) is 0 Å². The Kier molecular flexibility index (Phi) is 29.1. The topological polar surface area (TPSA) is 102 Å². The molecular weight excluding hydrogens is 582 g/mol. The average Bonchev–Trinajstić information content (AvgIpc) is 3.00. The number of quaternary nitrogens is 1. The largest absolute Gasteiger partial charge is 0.544 e. The van der Waals surface area contributed by atoms with Gasteiger partial charge < -0.3 is 28.6 Å². The van der Waals surface area contributed by atoms with Gasteiger partial charge in [-0.1, -0.05) is 116 Å². The molecule has 0 N–H and O–H groups in total. The zero-order chi connectivity index (χ0) is 34.3. The molecule has 0 bridgehead atoms. The van der Waals surface area contributed by atoms with Crippen molar-refractivity contribution in [2.45, 2.75) is 174 Å². The van der Waals surface area contributed by atoms with Gasteiger partial charge in [0.05, 0.1) is 40.3 Å². The van der Waals surface area contributed by atoms with E-state index in [1.54, 1.807) is 21.1 Å². The van der Waals surface area contributed by atoms with Crippen molar-refractivity contribution in [1.82, 2.24) is 0 Å². The van der Waals surface area contributed by atoms with Crippen molar-refractivity contribution in [2.24, 2.45) is 0 Å². The second kappa shape index (κ2) is 30.4. The van der Waals surface area contributed by atoms with E-state index in [1.165, 1.54) is 77.0 Å². The smallest absolute Gasteiger partial charge is 0.306 e. The highest BCUT2D eigenvalue weighted by Gasteiger charge is 2.25. The van der Waals surface area contributed by atoms with Gasteiger partial charge in [-0.15, -0.1) is 0 Å². The van der Waals surface area contributed by atoms with Crippen LogP contribution in [0.15, 0.2) is 12.2 Å². The molecule has 0 amide bonds. The van der Waals surface area contributed by atoms with Crippen molar-refractivity contribution in [2.75, 3.05) is 41.0 Å². The van der Waals surface area contributed by atoms with Crippen LogP contribution in [0.5, 0.6) is 0 Å². The van der Waals surface area contributed by atoms with Gasteiger partial charge in [0.2, 0.25) is 0 Å². The fourth-order valence-electron chi connectivity index (χ4n) is 5.42. The normalized spacial score (nSPS) is 13.2. The van der Waals surface area contributed by atoms with Crippen molar-refractivity contribution < 1.29 is 38.2 Å². The molecule has 0 spiro atoms. The van der Waals surface area contributed by atoms with Gasteiger partial charge in [-0.3, -0.25) is 9.59 Å². The number of carboxylic acid groups (broad SMARTS) is 1. The van der Waals surface area contributed by atoms with Gasteiger partial charge in [-0.2, -0.15) is 0 Å². The van der Waals surface area contributed by atoms with Crippen molar-refractivity contribution in [3.63, 3.8) is 0 Å². The lowest BCUT2D eigenvalue weighted by molar-refractivity contribution is -0.889. The van der Waals surface area contributed by atoms with E-state index < -0.39 is 18.1 Å². The highest BCUT2D eigenvalue weighted by atomic mass is 16.6. The molecule has 46 heavy (non-hydrogen) atoms. The maximum absolute atomic E-state index is 12.6. The second-order valence-corrected chi connectivity index (χ2v) is 13.8. The van der Waals surface area contributed by atoms with E-state index in [0.717, 1.165) is 51.4 Å². The highest BCUT2D eigenvalue weighted by Crippen LogP contribution is 2.13. The van der Waals surface area contributed by atoms with E-state index >= 15 is 0 Å². The molecule has 0 aromatic heterocycles. The fourth-order valence-corrected chi connectivity index (χ4v) is 5.42. The molecular formula is C38H71NO7. The van der Waals surface area contributed by atoms with Gasteiger partial charge in [-0.05, 0) is 38.5 Å². The van der Waals surface area contributed by atoms with E-state index in [-0.39, 0.29) is 42.7 Å². The quantitative estimate of drug-likeness (QED) is 0.0308. The Morgan fingerprint density at radius 1 is 0.630 bits per heavy atom. The summed E-state index contributed by atoms with van der Waals surface area (Å²) in [5.74, 6) is -1.75. The van der Waals surface area contributed by atoms with Crippen molar-refractivity contribution >= 4 is 17.9 Å². The van der Waals surface area contributed by atoms with Crippen LogP contribution in [0.1, 0.15) is 162 Å². The van der Waals surface area contributed by atoms with Crippen LogP contribution in [-0.2, 0) is 28.6 Å². The van der Waals surface area contributed by atoms with Crippen molar-refractivity contribution in [3.05, 3.63) is 12.2 Å². The summed E-state index contributed by atoms with van der Waals surface area (Å²) in [7, 11) is 5.39. The summed E-state index contributed by atoms with van der Waals surface area (Å²) in [6.07, 6.45) is 28.1. The summed E-state index contributed by atoms with van der Waals surface area (Å²) in [4.78, 5) is 36.5. The maximum atomic E-state index is 12.6. The number of carbonyl (C=O) groups is 3. The number of hydrogen-bond donors (Lipinski definition) is 0. The third-order valence-corrected chi connectivity index (χ3v) is 8.40. The second-order valence-electron chi connectivity index (χ2n) is 13.8. The van der Waals surface area contributed by atoms with Crippen LogP contribution >= 0.6 is 0 Å². The molecule has 0 aromatic carbocycles. The van der Waals surface area contributed by atoms with Crippen LogP contribution in [0.4, 0.5) is 0 Å². The summed E-state index contributed by atoms with van der Waals surface area (Å²) in [6.45, 7) is 4.61. The molecule has 0 saturated heterocycles. The Balaban J connectivity index is 4.43. The summed E-state index contributed by atoms with van der Waals surface area (Å²) < 4.78 is 17.0. The molecule has 0 radical (unpaired) electrons. The number of ether oxygens (including phenoxy) is 3. The molecule has 0 aromatic rings. The Hall–Kier alpha value is -1.93. The van der Waals surface area contributed by atoms with Crippen LogP contribution in [0.3, 0.4) is 0 Å². The number of carbonyl (C=O) groups excluding carboxylic acids is 3. The first-order valence-corrected chi connectivity index (χ1v) is 18.7. The average molecular weight is 654 g/mol. The minimum Gasteiger partial charge on any atom is -0.544 e. The molecule has 0 saturated carbocycles. The summed E-state index contributed by atoms with van der Waals surface area (Å²) in [5.41, 5.74) is 0. The molecule has 270 valence electrons. The van der Waals surface area contributed by atoms with Crippen LogP contribution in [0.2, 0.25) is 0 Å². The third kappa shape index (κ3) is 28.3. The van der Waals surface area contributed by atoms with Gasteiger partial charge in [0.15, 0.2) is 6.10 Å². The van der Waals surface area contributed by atoms with Crippen LogP contribution in [0.25, 0.3) is 0 Å². The molecule has 2 unspecified atom stereocenters. The number of allylic oxidation sites excluding steroid dienone is 2. The first-order chi connectivity index (χ1) is 22.1. The zero-order valence-electron chi connectivity index (χ0n) is 30.5. The van der Waals surface area contributed by atoms with Crippen LogP contribution in [-0.4, -0.2) is 75.5 Å². The van der Waals surface area contributed by atoms with E-state index in [0.29, 0.717) is 12.8 Å². The van der Waals surface area contributed by atoms with E-state index in [4.69, 9.17) is 14.2 Å². The van der Waals surface area contributed by atoms with Crippen LogP contribution in [0, 0.1) is 0 Å². The first-order valence-electron chi connectivity index (χ1n) is 18.7. The van der Waals surface area contributed by atoms with Crippen molar-refractivity contribution in [3.8, 4) is 0 Å². The molecule has 0 aliphatic rings. The standard InChI is InChI=1S/C38H71NO7/c1-6-8-10-12-14-16-17-18-19-21-22-24-26-28-36(40)45-33-34(32-44-31-30-35(38(42)43)39(3,4)5)46-37(41)29-27-25-23-20-15-13-11-9-7-2/h18-19,34-35H,6-17,20-33H2,1-5H3/b19-18+. The third-order valence-electron chi connectivity index (χ3n) is 8.40. The predicted octanol–water partition coefficient (Wildman–Crippen LogP) is 7.85. The lowest BCUT2D eigenvalue weighted by Gasteiger charge is -2.34. The van der Waals surface area contributed by atoms with Crippen molar-refractivity contribution in [1.29, 1.82) is 0 Å². The van der Waals surface area contributed by atoms with E-state index in [2.05, 4.69) is 26.0 Å². The summed E-state index contributed by atoms with van der Waals surface area (Å²) in [5, 5.41) is 11.5. The highest BCUT2D eigenvalue weighted by molar-refractivity contribution is 5.70. The summed E-state index contributed by atoms with van der Waals surface area (Å²) in [6, 6.07) is -0.721. The number of carboxylic acids is 1. The number of rotatable bonds is 33. The molecule has 0 heterocycles. The minimum atomic E-state index is -1.13. The molecule has 0 fully saturated rings. The van der Waals surface area contributed by atoms with Gasteiger partial charge >= 0.3 is 11.9 Å². The van der Waals surface area contributed by atoms with E-state index in [9.17, 15) is 19.5 Å². The number of hydrogen-bond acceptors (Lipinski definition) is 7. The van der Waals surface area contributed by atoms with Gasteiger partial charge in [0.25, 0.3) is 0 Å². The minimum absolute atomic E-state index is 0.0404. The number of likely N-dealkylation sites (N-methyl/N-ethyl adjacent to an activating group) is 1. The van der Waals surface area contributed by atoms with Crippen LogP contribution < -0.4 is 5.11 Å². The number of esters is 2. The lowest BCUT2D eigenvalue weighted by atomic mass is 10.1. The first kappa shape index (κ1) is 44.1. The Bertz CT molecular complexity index is 778. The Morgan fingerprint density at radius 2 is 1.09 bits per heavy atom. The SMILES string of the molecule is CCCCCCCC/C=C/CCCCCC(=O)OCC(COCCC(C(=O)[O-])[N+](C)(C)C)OC(=O)CCCCCCCCCCC. The molecule has 0 aliphatic heterocycles. The molecule has 2 atom stereocenters. The predicted molar refractivity (Wildman–Crippen MR) is 185 cm³/mol. The number of aliphatic carboxylic acids is 1. The zero-order valence-corrected chi connectivity index (χ0v) is 30.5. The molecule has 8 nitrogen and oxygen atoms in total. The molecule has 0 rings (SSSR count). The maximum Gasteiger partial charge on any atom is 0.306 e. The number of nitrogens with zero attached hydrogens (tertiary/aromatic N) is 1. The monoisotopic (exact) mass is 654 g/mol. The number of unbranched alkanes of at least 4 members (excludes halogenated alkanes) is 17. The lowest BCUT2D eigenvalue weighted by Crippen LogP contribution is -2.55. The molecule has 0 aliphatic carbocycles. The van der Waals surface area contributed by atoms with Gasteiger partial charge in [-0.25, -0.2) is 0 Å². The van der Waals surface area contributed by atoms with Gasteiger partial charge in [0, 0.05) is 19.3 Å².